The zero-order chi connectivity index (χ0) is 42.1. The Morgan fingerprint density at radius 2 is 1.74 bits per heavy atom. The monoisotopic (exact) mass is 837 g/mol. The second kappa shape index (κ2) is 20.3. The van der Waals surface area contributed by atoms with Gasteiger partial charge in [-0.2, -0.15) is 4.98 Å². The predicted octanol–water partition coefficient (Wildman–Crippen LogP) is 7.49. The van der Waals surface area contributed by atoms with Crippen molar-refractivity contribution in [2.75, 3.05) is 6.61 Å². The minimum Gasteiger partial charge on any atom is -0.480 e. The molecule has 6 atom stereocenters. The Hall–Kier alpha value is -4.72. The van der Waals surface area contributed by atoms with Crippen molar-refractivity contribution in [3.63, 3.8) is 0 Å². The number of halogens is 2. The van der Waals surface area contributed by atoms with Gasteiger partial charge in [-0.25, -0.2) is 9.59 Å². The Morgan fingerprint density at radius 3 is 2.40 bits per heavy atom. The molecule has 0 spiro atoms. The fraction of sp³-hybridized carbons (Fsp3) is 0.488. The summed E-state index contributed by atoms with van der Waals surface area (Å²) in [4.78, 5) is 56.5. The third kappa shape index (κ3) is 10.5. The van der Waals surface area contributed by atoms with Crippen molar-refractivity contribution in [3.8, 4) is 0 Å². The summed E-state index contributed by atoms with van der Waals surface area (Å²) in [5, 5.41) is 20.8. The summed E-state index contributed by atoms with van der Waals surface area (Å²) in [6.45, 7) is 11.0. The number of benzene rings is 2. The van der Waals surface area contributed by atoms with E-state index in [-0.39, 0.29) is 36.5 Å². The summed E-state index contributed by atoms with van der Waals surface area (Å²) in [5.41, 5.74) is 4.34. The number of aromatic nitrogens is 2. The molecule has 1 aromatic heterocycles. The number of carbonyl (C=O) groups excluding carboxylic acids is 3. The SMILES string of the molecule is CC1=C(C(=O)OC(C)C)C(c2cccc(Cl)c2Cl)C(c2ncon2)=C(C)N1.CCOC(=O)[C@H](CCc1ccccc1)N[C@@H](C)C(=O)N1[C@H](C(=O)O)C[C@H]2CCCC[C@@H]21. The van der Waals surface area contributed by atoms with Crippen molar-refractivity contribution in [3.05, 3.63) is 98.9 Å². The van der Waals surface area contributed by atoms with Gasteiger partial charge in [-0.15, -0.1) is 0 Å². The molecule has 2 aromatic carbocycles. The van der Waals surface area contributed by atoms with E-state index in [0.29, 0.717) is 57.5 Å². The number of ether oxygens (including phenoxy) is 2. The van der Waals surface area contributed by atoms with Gasteiger partial charge in [0.05, 0.1) is 34.4 Å². The minimum atomic E-state index is -0.944. The van der Waals surface area contributed by atoms with E-state index in [1.807, 2.05) is 50.2 Å². The van der Waals surface area contributed by atoms with Gasteiger partial charge in [-0.3, -0.25) is 14.9 Å². The van der Waals surface area contributed by atoms with Gasteiger partial charge in [0.1, 0.15) is 12.1 Å². The van der Waals surface area contributed by atoms with Crippen LogP contribution in [0.5, 0.6) is 0 Å². The van der Waals surface area contributed by atoms with Crippen LogP contribution in [0.3, 0.4) is 0 Å². The van der Waals surface area contributed by atoms with E-state index in [9.17, 15) is 24.3 Å². The molecule has 3 aromatic rings. The lowest BCUT2D eigenvalue weighted by atomic mass is 9.80. The summed E-state index contributed by atoms with van der Waals surface area (Å²) in [6.07, 6.45) is 6.59. The standard InChI is InChI=1S/C24H34N2O5.C19H19Cl2N3O3/c1-3-31-24(30)19(14-13-17-9-5-4-6-10-17)25-16(2)22(27)26-20-12-8-7-11-18(20)15-21(26)23(28)29;1-9(2)27-19(25)15-11(4)23-10(3)14(18-22-8-26-24-18)16(15)12-6-5-7-13(20)17(12)21/h4-6,9-10,16,18-21,25H,3,7-8,11-15H2,1-2H3,(H,28,29);5-9,16,23H,1-4H3/t16-,18+,19-,20-,21-;/m0./s1. The molecule has 58 heavy (non-hydrogen) atoms. The average molecular weight is 839 g/mol. The number of dihydropyridines is 1. The summed E-state index contributed by atoms with van der Waals surface area (Å²) in [5.74, 6) is -1.94. The number of amides is 1. The van der Waals surface area contributed by atoms with E-state index in [0.717, 1.165) is 36.9 Å². The number of fused-ring (bicyclic) bond motifs is 1. The Morgan fingerprint density at radius 1 is 1.02 bits per heavy atom. The number of hydrogen-bond acceptors (Lipinski definition) is 11. The molecule has 15 heteroatoms. The first kappa shape index (κ1) is 44.4. The molecule has 3 aliphatic rings. The average Bonchev–Trinajstić information content (AvgIpc) is 3.86. The molecule has 13 nitrogen and oxygen atoms in total. The van der Waals surface area contributed by atoms with Crippen LogP contribution in [0.15, 0.2) is 76.4 Å². The molecular weight excluding hydrogens is 785 g/mol. The number of carboxylic acid groups (broad SMARTS) is 1. The van der Waals surface area contributed by atoms with Gasteiger partial charge in [0, 0.05) is 28.9 Å². The molecule has 0 bridgehead atoms. The van der Waals surface area contributed by atoms with Crippen molar-refractivity contribution >= 4 is 52.6 Å². The number of rotatable bonds is 13. The molecule has 1 amide bonds. The molecule has 6 rings (SSSR count). The molecule has 3 heterocycles. The second-order valence-corrected chi connectivity index (χ2v) is 15.9. The Bertz CT molecular complexity index is 1990. The topological polar surface area (TPSA) is 173 Å². The molecule has 1 aliphatic carbocycles. The van der Waals surface area contributed by atoms with Crippen LogP contribution in [0.1, 0.15) is 103 Å². The maximum Gasteiger partial charge on any atom is 0.337 e. The number of nitrogens with zero attached hydrogens (tertiary/aromatic N) is 3. The number of aryl methyl sites for hydroxylation is 1. The largest absolute Gasteiger partial charge is 0.480 e. The van der Waals surface area contributed by atoms with E-state index in [2.05, 4.69) is 20.8 Å². The first-order valence-corrected chi connectivity index (χ1v) is 20.6. The molecule has 1 saturated carbocycles. The van der Waals surface area contributed by atoms with Gasteiger partial charge < -0.3 is 29.3 Å². The van der Waals surface area contributed by atoms with Crippen LogP contribution in [-0.2, 0) is 35.1 Å². The van der Waals surface area contributed by atoms with Gasteiger partial charge in [-0.1, -0.05) is 83.7 Å². The maximum atomic E-state index is 13.4. The molecule has 1 saturated heterocycles. The smallest absolute Gasteiger partial charge is 0.337 e. The lowest BCUT2D eigenvalue weighted by molar-refractivity contribution is -0.152. The van der Waals surface area contributed by atoms with Gasteiger partial charge in [0.15, 0.2) is 0 Å². The molecule has 2 fully saturated rings. The zero-order valence-electron chi connectivity index (χ0n) is 33.8. The lowest BCUT2D eigenvalue weighted by Gasteiger charge is -2.35. The van der Waals surface area contributed by atoms with Crippen LogP contribution in [0, 0.1) is 5.92 Å². The number of allylic oxidation sites excluding steroid dienone is 3. The van der Waals surface area contributed by atoms with Gasteiger partial charge in [0.25, 0.3) is 0 Å². The number of hydrogen-bond donors (Lipinski definition) is 3. The fourth-order valence-corrected chi connectivity index (χ4v) is 8.66. The van der Waals surface area contributed by atoms with E-state index < -0.39 is 36.0 Å². The third-order valence-electron chi connectivity index (χ3n) is 10.8. The highest BCUT2D eigenvalue weighted by Gasteiger charge is 2.48. The Kier molecular flexibility index (Phi) is 15.5. The summed E-state index contributed by atoms with van der Waals surface area (Å²) < 4.78 is 15.6. The van der Waals surface area contributed by atoms with E-state index in [4.69, 9.17) is 37.2 Å². The molecule has 312 valence electrons. The molecular formula is C43H53Cl2N5O8. The lowest BCUT2D eigenvalue weighted by Crippen LogP contribution is -2.55. The number of likely N-dealkylation sites (tertiary alicyclic amines) is 1. The highest BCUT2D eigenvalue weighted by atomic mass is 35.5. The van der Waals surface area contributed by atoms with E-state index >= 15 is 0 Å². The maximum absolute atomic E-state index is 13.4. The van der Waals surface area contributed by atoms with Crippen LogP contribution >= 0.6 is 23.2 Å². The van der Waals surface area contributed by atoms with Crippen LogP contribution in [0.4, 0.5) is 0 Å². The second-order valence-electron chi connectivity index (χ2n) is 15.2. The first-order chi connectivity index (χ1) is 27.7. The number of carbonyl (C=O) groups is 4. The van der Waals surface area contributed by atoms with Crippen molar-refractivity contribution in [1.82, 2.24) is 25.7 Å². The number of esters is 2. The molecule has 2 aliphatic heterocycles. The van der Waals surface area contributed by atoms with Crippen LogP contribution in [0.25, 0.3) is 5.57 Å². The van der Waals surface area contributed by atoms with Crippen molar-refractivity contribution in [2.24, 2.45) is 5.92 Å². The molecule has 0 radical (unpaired) electrons. The minimum absolute atomic E-state index is 0.0167. The Labute approximate surface area is 349 Å². The predicted molar refractivity (Wildman–Crippen MR) is 220 cm³/mol. The molecule has 3 N–H and O–H groups in total. The Balaban J connectivity index is 0.000000223. The van der Waals surface area contributed by atoms with Crippen LogP contribution in [-0.4, -0.2) is 80.8 Å². The summed E-state index contributed by atoms with van der Waals surface area (Å²) >= 11 is 12.8. The van der Waals surface area contributed by atoms with Crippen molar-refractivity contribution < 1.29 is 38.3 Å². The van der Waals surface area contributed by atoms with Crippen molar-refractivity contribution in [2.45, 2.75) is 123 Å². The zero-order valence-corrected chi connectivity index (χ0v) is 35.3. The fourth-order valence-electron chi connectivity index (χ4n) is 8.24. The van der Waals surface area contributed by atoms with E-state index in [1.54, 1.807) is 44.7 Å². The number of carboxylic acids is 1. The summed E-state index contributed by atoms with van der Waals surface area (Å²) in [6, 6.07) is 13.1. The van der Waals surface area contributed by atoms with Gasteiger partial charge in [-0.05, 0) is 96.8 Å². The highest BCUT2D eigenvalue weighted by Crippen LogP contribution is 2.46. The third-order valence-corrected chi connectivity index (χ3v) is 11.6. The van der Waals surface area contributed by atoms with E-state index in [1.165, 1.54) is 6.39 Å². The highest BCUT2D eigenvalue weighted by molar-refractivity contribution is 6.42. The normalized spacial score (nSPS) is 21.4. The quantitative estimate of drug-likeness (QED) is 0.145. The van der Waals surface area contributed by atoms with Crippen molar-refractivity contribution in [1.29, 1.82) is 0 Å². The van der Waals surface area contributed by atoms with Gasteiger partial charge in [0.2, 0.25) is 18.1 Å². The number of aliphatic carboxylic acids is 1. The van der Waals surface area contributed by atoms with Crippen LogP contribution < -0.4 is 10.6 Å². The van der Waals surface area contributed by atoms with Gasteiger partial charge >= 0.3 is 17.9 Å². The molecule has 1 unspecified atom stereocenters. The van der Waals surface area contributed by atoms with Crippen LogP contribution in [0.2, 0.25) is 10.0 Å². The summed E-state index contributed by atoms with van der Waals surface area (Å²) in [7, 11) is 0. The number of nitrogens with one attached hydrogen (secondary N) is 2. The first-order valence-electron chi connectivity index (χ1n) is 19.8.